The van der Waals surface area contributed by atoms with Crippen LogP contribution in [0.2, 0.25) is 0 Å². The average molecular weight is 184 g/mol. The minimum absolute atomic E-state index is 0.0926. The maximum absolute atomic E-state index is 12.6. The number of Topliss-reactive ketones (excluding diaryl/α,β-unsaturated/α-hetero) is 1. The van der Waals surface area contributed by atoms with Crippen molar-refractivity contribution in [1.29, 1.82) is 0 Å². The predicted molar refractivity (Wildman–Crippen MR) is 46.1 cm³/mol. The first-order chi connectivity index (χ1) is 5.93. The standard InChI is InChI=1S/C10H10F2O/c1-7-5-3-4-6-8(7)9(13)10(2,11)12/h3-6H,1-2H3. The third-order valence-corrected chi connectivity index (χ3v) is 1.79. The molecule has 0 bridgehead atoms. The molecule has 0 fully saturated rings. The molecule has 1 rings (SSSR count). The van der Waals surface area contributed by atoms with E-state index in [1.165, 1.54) is 6.07 Å². The van der Waals surface area contributed by atoms with E-state index in [1.807, 2.05) is 0 Å². The summed E-state index contributed by atoms with van der Waals surface area (Å²) in [6, 6.07) is 6.33. The van der Waals surface area contributed by atoms with Gasteiger partial charge in [-0.05, 0) is 12.5 Å². The lowest BCUT2D eigenvalue weighted by Gasteiger charge is -2.10. The van der Waals surface area contributed by atoms with Crippen LogP contribution in [0.4, 0.5) is 8.78 Å². The van der Waals surface area contributed by atoms with Gasteiger partial charge in [0.25, 0.3) is 0 Å². The van der Waals surface area contributed by atoms with Gasteiger partial charge in [0, 0.05) is 12.5 Å². The van der Waals surface area contributed by atoms with Gasteiger partial charge in [-0.2, -0.15) is 8.78 Å². The minimum Gasteiger partial charge on any atom is -0.287 e. The van der Waals surface area contributed by atoms with E-state index in [0.717, 1.165) is 0 Å². The average Bonchev–Trinajstić information content (AvgIpc) is 2.02. The number of alkyl halides is 2. The lowest BCUT2D eigenvalue weighted by atomic mass is 10.0. The molecule has 1 aromatic rings. The summed E-state index contributed by atoms with van der Waals surface area (Å²) < 4.78 is 25.3. The van der Waals surface area contributed by atoms with Crippen molar-refractivity contribution in [2.75, 3.05) is 0 Å². The highest BCUT2D eigenvalue weighted by Gasteiger charge is 2.33. The number of hydrogen-bond donors (Lipinski definition) is 0. The molecule has 0 unspecified atom stereocenters. The number of rotatable bonds is 2. The number of carbonyl (C=O) groups excluding carboxylic acids is 1. The van der Waals surface area contributed by atoms with E-state index in [4.69, 9.17) is 0 Å². The Kier molecular flexibility index (Phi) is 2.45. The van der Waals surface area contributed by atoms with Gasteiger partial charge >= 0.3 is 5.92 Å². The highest BCUT2D eigenvalue weighted by molar-refractivity contribution is 6.02. The van der Waals surface area contributed by atoms with Gasteiger partial charge in [0.2, 0.25) is 5.78 Å². The SMILES string of the molecule is Cc1ccccc1C(=O)C(C)(F)F. The summed E-state index contributed by atoms with van der Waals surface area (Å²) in [5.41, 5.74) is 0.670. The summed E-state index contributed by atoms with van der Waals surface area (Å²) in [5, 5.41) is 0. The Hall–Kier alpha value is -1.25. The number of aryl methyl sites for hydroxylation is 1. The first kappa shape index (κ1) is 9.84. The van der Waals surface area contributed by atoms with E-state index in [9.17, 15) is 13.6 Å². The van der Waals surface area contributed by atoms with Crippen LogP contribution in [-0.4, -0.2) is 11.7 Å². The monoisotopic (exact) mass is 184 g/mol. The molecule has 13 heavy (non-hydrogen) atoms. The summed E-state index contributed by atoms with van der Waals surface area (Å²) in [4.78, 5) is 11.1. The van der Waals surface area contributed by atoms with E-state index in [-0.39, 0.29) is 5.56 Å². The quantitative estimate of drug-likeness (QED) is 0.646. The van der Waals surface area contributed by atoms with E-state index in [0.29, 0.717) is 12.5 Å². The molecule has 0 aromatic heterocycles. The lowest BCUT2D eigenvalue weighted by Crippen LogP contribution is -2.24. The fourth-order valence-corrected chi connectivity index (χ4v) is 1.06. The maximum Gasteiger partial charge on any atom is 0.307 e. The van der Waals surface area contributed by atoms with E-state index < -0.39 is 11.7 Å². The second kappa shape index (κ2) is 3.24. The van der Waals surface area contributed by atoms with Gasteiger partial charge in [0.15, 0.2) is 0 Å². The van der Waals surface area contributed by atoms with Crippen LogP contribution in [0.15, 0.2) is 24.3 Å². The van der Waals surface area contributed by atoms with Crippen molar-refractivity contribution in [1.82, 2.24) is 0 Å². The van der Waals surface area contributed by atoms with Gasteiger partial charge < -0.3 is 0 Å². The summed E-state index contributed by atoms with van der Waals surface area (Å²) in [5.74, 6) is -4.41. The van der Waals surface area contributed by atoms with Gasteiger partial charge in [-0.1, -0.05) is 24.3 Å². The topological polar surface area (TPSA) is 17.1 Å². The molecule has 0 saturated heterocycles. The van der Waals surface area contributed by atoms with Crippen LogP contribution in [0.25, 0.3) is 0 Å². The molecule has 0 spiro atoms. The molecule has 1 aromatic carbocycles. The smallest absolute Gasteiger partial charge is 0.287 e. The fraction of sp³-hybridized carbons (Fsp3) is 0.300. The molecule has 0 aliphatic rings. The third-order valence-electron chi connectivity index (χ3n) is 1.79. The molecule has 0 aliphatic heterocycles. The molecule has 0 saturated carbocycles. The largest absolute Gasteiger partial charge is 0.307 e. The summed E-state index contributed by atoms with van der Waals surface area (Å²) >= 11 is 0. The highest BCUT2D eigenvalue weighted by Crippen LogP contribution is 2.20. The number of hydrogen-bond acceptors (Lipinski definition) is 1. The minimum atomic E-state index is -3.29. The summed E-state index contributed by atoms with van der Waals surface area (Å²) in [6.45, 7) is 2.25. The molecular formula is C10H10F2O. The Morgan fingerprint density at radius 2 is 1.85 bits per heavy atom. The van der Waals surface area contributed by atoms with Gasteiger partial charge in [-0.3, -0.25) is 4.79 Å². The Balaban J connectivity index is 3.10. The van der Waals surface area contributed by atoms with Gasteiger partial charge in [-0.15, -0.1) is 0 Å². The Labute approximate surface area is 75.4 Å². The Morgan fingerprint density at radius 3 is 2.31 bits per heavy atom. The Morgan fingerprint density at radius 1 is 1.31 bits per heavy atom. The zero-order chi connectivity index (χ0) is 10.1. The van der Waals surface area contributed by atoms with Crippen LogP contribution >= 0.6 is 0 Å². The molecule has 0 radical (unpaired) electrons. The lowest BCUT2D eigenvalue weighted by molar-refractivity contribution is 0.0221. The van der Waals surface area contributed by atoms with Crippen molar-refractivity contribution in [2.45, 2.75) is 19.8 Å². The normalized spacial score (nSPS) is 11.4. The summed E-state index contributed by atoms with van der Waals surface area (Å²) in [6.07, 6.45) is 0. The number of benzene rings is 1. The summed E-state index contributed by atoms with van der Waals surface area (Å²) in [7, 11) is 0. The third kappa shape index (κ3) is 2.11. The van der Waals surface area contributed by atoms with Crippen molar-refractivity contribution in [2.24, 2.45) is 0 Å². The van der Waals surface area contributed by atoms with Crippen LogP contribution in [-0.2, 0) is 0 Å². The molecule has 0 heterocycles. The second-order valence-corrected chi connectivity index (χ2v) is 3.03. The van der Waals surface area contributed by atoms with Crippen molar-refractivity contribution in [3.63, 3.8) is 0 Å². The maximum atomic E-state index is 12.6. The van der Waals surface area contributed by atoms with Crippen LogP contribution in [0.5, 0.6) is 0 Å². The van der Waals surface area contributed by atoms with Crippen molar-refractivity contribution in [3.05, 3.63) is 35.4 Å². The molecular weight excluding hydrogens is 174 g/mol. The number of ketones is 1. The molecule has 0 N–H and O–H groups in total. The number of halogens is 2. The molecule has 0 amide bonds. The van der Waals surface area contributed by atoms with Gasteiger partial charge in [0.1, 0.15) is 0 Å². The van der Waals surface area contributed by atoms with E-state index in [2.05, 4.69) is 0 Å². The first-order valence-electron chi connectivity index (χ1n) is 3.91. The van der Waals surface area contributed by atoms with Gasteiger partial charge in [-0.25, -0.2) is 0 Å². The van der Waals surface area contributed by atoms with E-state index in [1.54, 1.807) is 25.1 Å². The van der Waals surface area contributed by atoms with Gasteiger partial charge in [0.05, 0.1) is 0 Å². The first-order valence-corrected chi connectivity index (χ1v) is 3.91. The van der Waals surface area contributed by atoms with Crippen LogP contribution in [0, 0.1) is 6.92 Å². The molecule has 1 nitrogen and oxygen atoms in total. The Bertz CT molecular complexity index is 326. The predicted octanol–water partition coefficient (Wildman–Crippen LogP) is 2.83. The highest BCUT2D eigenvalue weighted by atomic mass is 19.3. The van der Waals surface area contributed by atoms with Crippen molar-refractivity contribution >= 4 is 5.78 Å². The van der Waals surface area contributed by atoms with Crippen molar-refractivity contribution < 1.29 is 13.6 Å². The molecule has 0 atom stereocenters. The van der Waals surface area contributed by atoms with Crippen molar-refractivity contribution in [3.8, 4) is 0 Å². The second-order valence-electron chi connectivity index (χ2n) is 3.03. The van der Waals surface area contributed by atoms with Crippen LogP contribution < -0.4 is 0 Å². The molecule has 70 valence electrons. The molecule has 3 heteroatoms. The zero-order valence-electron chi connectivity index (χ0n) is 7.47. The number of carbonyl (C=O) groups is 1. The molecule has 0 aliphatic carbocycles. The van der Waals surface area contributed by atoms with Crippen LogP contribution in [0.3, 0.4) is 0 Å². The fourth-order valence-electron chi connectivity index (χ4n) is 1.06. The van der Waals surface area contributed by atoms with Crippen LogP contribution in [0.1, 0.15) is 22.8 Å². The van der Waals surface area contributed by atoms with E-state index >= 15 is 0 Å². The zero-order valence-corrected chi connectivity index (χ0v) is 7.47.